The number of H-pyrrole nitrogens is 2. The maximum atomic E-state index is 13.2. The van der Waals surface area contributed by atoms with E-state index >= 15 is 0 Å². The molecule has 0 aliphatic carbocycles. The Labute approximate surface area is 570 Å². The van der Waals surface area contributed by atoms with Gasteiger partial charge < -0.3 is 42.1 Å². The second-order valence-corrected chi connectivity index (χ2v) is 21.3. The van der Waals surface area contributed by atoms with Crippen LogP contribution in [-0.4, -0.2) is 116 Å². The van der Waals surface area contributed by atoms with E-state index in [0.717, 1.165) is 39.6 Å². The molecule has 0 bridgehead atoms. The molecule has 6 amide bonds. The maximum Gasteiger partial charge on any atom is 0.324 e. The first-order valence-electron chi connectivity index (χ1n) is 29.7. The molecule has 25 nitrogen and oxygen atoms in total. The van der Waals surface area contributed by atoms with Crippen LogP contribution in [0.1, 0.15) is 119 Å². The second-order valence-electron chi connectivity index (χ2n) is 21.3. The van der Waals surface area contributed by atoms with Crippen molar-refractivity contribution in [3.8, 4) is 17.2 Å². The summed E-state index contributed by atoms with van der Waals surface area (Å²) < 4.78 is 20.2. The van der Waals surface area contributed by atoms with Gasteiger partial charge in [-0.15, -0.1) is 10.1 Å². The summed E-state index contributed by atoms with van der Waals surface area (Å²) in [6.07, 6.45) is 0.789. The van der Waals surface area contributed by atoms with Gasteiger partial charge >= 0.3 is 5.97 Å². The minimum absolute atomic E-state index is 0. The number of carbonyl (C=O) groups is 9. The smallest absolute Gasteiger partial charge is 0.324 e. The number of pyridine rings is 3. The molecule has 3 aromatic heterocycles. The van der Waals surface area contributed by atoms with Gasteiger partial charge in [0.1, 0.15) is 42.3 Å². The average molecular weight is 1420 g/mol. The summed E-state index contributed by atoms with van der Waals surface area (Å²) in [5.74, 6) is -8.50. The number of aryl methyl sites for hydroxylation is 3. The molecule has 8 aromatic rings. The summed E-state index contributed by atoms with van der Waals surface area (Å²) in [5.41, 5.74) is 9.57. The van der Waals surface area contributed by atoms with Crippen molar-refractivity contribution in [3.63, 3.8) is 0 Å². The third kappa shape index (κ3) is 18.8. The van der Waals surface area contributed by atoms with Crippen LogP contribution in [0.5, 0.6) is 17.2 Å². The number of hydroxylamine groups is 6. The van der Waals surface area contributed by atoms with Gasteiger partial charge in [0, 0.05) is 57.6 Å². The number of aromatic nitrogens is 3. The molecule has 3 atom stereocenters. The number of benzene rings is 5. The van der Waals surface area contributed by atoms with Crippen LogP contribution >= 0.6 is 0 Å². The predicted molar refractivity (Wildman–Crippen MR) is 346 cm³/mol. The van der Waals surface area contributed by atoms with Crippen molar-refractivity contribution in [1.29, 1.82) is 0 Å². The number of esters is 1. The second kappa shape index (κ2) is 35.7. The molecule has 5 N–H and O–H groups in total. The molecular weight excluding hydrogens is 1350 g/mol. The molecule has 97 heavy (non-hydrogen) atoms. The standard InChI is InChI=1S/C25H22N2O6.C19H18N2O5.C18H16N2O6.C8H11NO.CH3.Pd/c1-32-18-10-7-16(8-11-18)9-13-20(28)22-23-19(12-14-21(29)26-23)24(30)27(25(22)31)33-15-17-5-3-2-4-6-17;1-3-25-19(24)15-16-14(10-9-12(2)20-16)17(22)21(18(15)23)26-11-13-7-5-4-6-8-13;1-26-11-5-2-10(3-6-11)4-8-13(21)15-16-12(7-9-14(22)19-16)17(23)20(25)18(15)24;1-10-8-4-2-7(6-9)3-5-8;;/h2-8,10-12,14,22H,9,13,15H2,1H3,(H,26,29);4-10,15H,3,11H2,1-2H3;2-3,5-7,9,15,25H,4,8H2,1H3,(H,19,22);2-5H,6,9H2,1H3;1H3;/q;;;;-1;. The van der Waals surface area contributed by atoms with Crippen molar-refractivity contribution >= 4 is 53.0 Å². The Hall–Kier alpha value is -10.7. The van der Waals surface area contributed by atoms with Crippen molar-refractivity contribution in [2.24, 2.45) is 5.73 Å². The fraction of sp³-hybridized carbons (Fsp3) is 0.225. The van der Waals surface area contributed by atoms with Gasteiger partial charge in [0.25, 0.3) is 35.4 Å². The van der Waals surface area contributed by atoms with Crippen molar-refractivity contribution in [2.75, 3.05) is 27.9 Å². The predicted octanol–water partition coefficient (Wildman–Crippen LogP) is 7.58. The minimum atomic E-state index is -1.42. The number of ketones is 2. The first-order valence-corrected chi connectivity index (χ1v) is 29.7. The number of nitrogens with two attached hydrogens (primary N) is 1. The van der Waals surface area contributed by atoms with Crippen LogP contribution in [0.25, 0.3) is 0 Å². The van der Waals surface area contributed by atoms with Crippen LogP contribution in [-0.2, 0) is 96.2 Å². The quantitative estimate of drug-likeness (QED) is 0.0143. The Kier molecular flexibility index (Phi) is 27.7. The van der Waals surface area contributed by atoms with E-state index in [-0.39, 0.29) is 99.3 Å². The Bertz CT molecular complexity index is 4200. The number of rotatable bonds is 20. The number of aromatic amines is 2. The average Bonchev–Trinajstić information content (AvgIpc) is 0.777. The number of methoxy groups -OCH3 is 3. The number of Topliss-reactive ketones (excluding diaryl/α,β-unsaturated/α-hetero) is 2. The van der Waals surface area contributed by atoms with Crippen LogP contribution in [0, 0.1) is 14.4 Å². The molecule has 508 valence electrons. The molecule has 6 heterocycles. The first-order chi connectivity index (χ1) is 45.8. The molecule has 3 unspecified atom stereocenters. The van der Waals surface area contributed by atoms with Gasteiger partial charge in [-0.05, 0) is 115 Å². The maximum absolute atomic E-state index is 13.2. The van der Waals surface area contributed by atoms with Gasteiger partial charge in [-0.1, -0.05) is 97.1 Å². The van der Waals surface area contributed by atoms with E-state index in [0.29, 0.717) is 46.7 Å². The van der Waals surface area contributed by atoms with Gasteiger partial charge in [0.15, 0.2) is 17.5 Å². The summed E-state index contributed by atoms with van der Waals surface area (Å²) in [5, 5.41) is 10.9. The van der Waals surface area contributed by atoms with Crippen LogP contribution in [0.4, 0.5) is 0 Å². The van der Waals surface area contributed by atoms with Crippen molar-refractivity contribution in [2.45, 2.75) is 77.0 Å². The molecule has 3 aliphatic heterocycles. The summed E-state index contributed by atoms with van der Waals surface area (Å²) >= 11 is 0. The molecule has 11 rings (SSSR count). The number of fused-ring (bicyclic) bond motifs is 3. The van der Waals surface area contributed by atoms with Crippen LogP contribution in [0.3, 0.4) is 0 Å². The molecule has 0 spiro atoms. The zero-order valence-corrected chi connectivity index (χ0v) is 55.2. The van der Waals surface area contributed by atoms with E-state index < -0.39 is 81.9 Å². The molecule has 0 saturated heterocycles. The van der Waals surface area contributed by atoms with Crippen LogP contribution < -0.4 is 31.1 Å². The number of nitrogens with zero attached hydrogens (tertiary/aromatic N) is 4. The molecule has 0 radical (unpaired) electrons. The summed E-state index contributed by atoms with van der Waals surface area (Å²) in [7, 11) is 4.77. The van der Waals surface area contributed by atoms with Gasteiger partial charge in [0.05, 0.1) is 61.7 Å². The zero-order chi connectivity index (χ0) is 68.3. The van der Waals surface area contributed by atoms with Crippen LogP contribution in [0.2, 0.25) is 0 Å². The number of hydrogen-bond acceptors (Lipinski definition) is 20. The zero-order valence-electron chi connectivity index (χ0n) is 53.6. The van der Waals surface area contributed by atoms with E-state index in [4.69, 9.17) is 34.4 Å². The Morgan fingerprint density at radius 2 is 0.887 bits per heavy atom. The molecule has 0 fully saturated rings. The van der Waals surface area contributed by atoms with E-state index in [1.165, 1.54) is 24.3 Å². The summed E-state index contributed by atoms with van der Waals surface area (Å²) in [4.78, 5) is 157. The fourth-order valence-corrected chi connectivity index (χ4v) is 10.0. The first kappa shape index (κ1) is 75.3. The van der Waals surface area contributed by atoms with Gasteiger partial charge in [-0.2, -0.15) is 5.06 Å². The Morgan fingerprint density at radius 1 is 0.495 bits per heavy atom. The number of nitrogens with one attached hydrogen (secondary N) is 2. The normalized spacial score (nSPS) is 15.0. The monoisotopic (exact) mass is 1410 g/mol. The molecular formula is C71H70N7O18Pd-. The largest absolute Gasteiger partial charge is 0.497 e. The summed E-state index contributed by atoms with van der Waals surface area (Å²) in [6.45, 7) is 4.05. The topological polar surface area (TPSA) is 344 Å². The number of hydrogen-bond donors (Lipinski definition) is 4. The molecule has 0 saturated carbocycles. The van der Waals surface area contributed by atoms with E-state index in [1.807, 2.05) is 72.8 Å². The van der Waals surface area contributed by atoms with Crippen LogP contribution in [0.15, 0.2) is 179 Å². The van der Waals surface area contributed by atoms with E-state index in [9.17, 15) is 57.9 Å². The summed E-state index contributed by atoms with van der Waals surface area (Å²) in [6, 6.07) is 48.2. The third-order valence-electron chi connectivity index (χ3n) is 15.0. The SMILES string of the molecule is CCOC(=O)C1C(=O)N(OCc2ccccc2)C(=O)c2ccc(C)nc21.COc1ccc(CCC(=O)C2C(=O)N(O)C(=O)c3ccc(=O)[nH]c32)cc1.COc1ccc(CCC(=O)C2C(=O)N(OCc3ccccc3)C(=O)c3ccc(=O)[nH]c32)cc1.COc1ccc(CN)cc1.[CH3-].[Pd]. The third-order valence-corrected chi connectivity index (χ3v) is 15.0. The van der Waals surface area contributed by atoms with Crippen molar-refractivity contribution in [3.05, 3.63) is 265 Å². The van der Waals surface area contributed by atoms with Crippen molar-refractivity contribution < 1.29 is 97.4 Å². The van der Waals surface area contributed by atoms with E-state index in [2.05, 4.69) is 15.0 Å². The van der Waals surface area contributed by atoms with Gasteiger partial charge in [-0.25, -0.2) is 0 Å². The number of ether oxygens (including phenoxy) is 4. The van der Waals surface area contributed by atoms with Crippen molar-refractivity contribution in [1.82, 2.24) is 30.1 Å². The number of carbonyl (C=O) groups excluding carboxylic acids is 9. The minimum Gasteiger partial charge on any atom is -0.497 e. The van der Waals surface area contributed by atoms with Gasteiger partial charge in [-0.3, -0.25) is 72.6 Å². The fourth-order valence-electron chi connectivity index (χ4n) is 10.0. The Balaban J connectivity index is 0.000000214. The molecule has 5 aromatic carbocycles. The molecule has 26 heteroatoms. The number of imide groups is 3. The Morgan fingerprint density at radius 3 is 1.31 bits per heavy atom. The number of amides is 6. The van der Waals surface area contributed by atoms with E-state index in [1.54, 1.807) is 102 Å². The molecule has 3 aliphatic rings. The van der Waals surface area contributed by atoms with Gasteiger partial charge in [0.2, 0.25) is 11.1 Å².